The van der Waals surface area contributed by atoms with Gasteiger partial charge in [-0.05, 0) is 48.9 Å². The highest BCUT2D eigenvalue weighted by molar-refractivity contribution is 5.37. The highest BCUT2D eigenvalue weighted by atomic mass is 19.1. The van der Waals surface area contributed by atoms with Gasteiger partial charge in [-0.15, -0.1) is 0 Å². The molecular weight excluding hydrogens is 243 g/mol. The first-order chi connectivity index (χ1) is 8.92. The smallest absolute Gasteiger partial charge is 0.123 e. The third-order valence-corrected chi connectivity index (χ3v) is 4.51. The Balaban J connectivity index is 2.55. The van der Waals surface area contributed by atoms with Crippen molar-refractivity contribution in [2.75, 3.05) is 7.11 Å². The first-order valence-corrected chi connectivity index (χ1v) is 6.94. The molecule has 0 heterocycles. The van der Waals surface area contributed by atoms with E-state index in [0.29, 0.717) is 5.92 Å². The predicted octanol–water partition coefficient (Wildman–Crippen LogP) is 3.28. The average molecular weight is 266 g/mol. The molecule has 2 nitrogen and oxygen atoms in total. The Morgan fingerprint density at radius 3 is 2.58 bits per heavy atom. The van der Waals surface area contributed by atoms with Gasteiger partial charge in [-0.2, -0.15) is 0 Å². The normalized spacial score (nSPS) is 28.3. The molecular formula is C16H23FO2. The molecule has 0 saturated carbocycles. The summed E-state index contributed by atoms with van der Waals surface area (Å²) in [6, 6.07) is 4.97. The molecule has 1 N–H and O–H groups in total. The van der Waals surface area contributed by atoms with Gasteiger partial charge in [-0.1, -0.05) is 19.9 Å². The zero-order chi connectivity index (χ0) is 14.2. The van der Waals surface area contributed by atoms with Crippen molar-refractivity contribution < 1.29 is 14.2 Å². The first kappa shape index (κ1) is 14.5. The average Bonchev–Trinajstić information content (AvgIpc) is 2.36. The third kappa shape index (κ3) is 2.30. The minimum atomic E-state index is -0.570. The molecule has 0 fully saturated rings. The predicted molar refractivity (Wildman–Crippen MR) is 73.7 cm³/mol. The first-order valence-electron chi connectivity index (χ1n) is 6.94. The summed E-state index contributed by atoms with van der Waals surface area (Å²) in [5, 5.41) is 10.2. The number of aliphatic hydroxyl groups excluding tert-OH is 1. The van der Waals surface area contributed by atoms with Gasteiger partial charge in [0.1, 0.15) is 11.4 Å². The number of methoxy groups -OCH3 is 1. The van der Waals surface area contributed by atoms with Crippen LogP contribution in [-0.4, -0.2) is 23.9 Å². The van der Waals surface area contributed by atoms with Gasteiger partial charge in [-0.3, -0.25) is 0 Å². The lowest BCUT2D eigenvalue weighted by atomic mass is 9.65. The van der Waals surface area contributed by atoms with Crippen LogP contribution >= 0.6 is 0 Å². The molecule has 1 aromatic carbocycles. The molecule has 0 aliphatic heterocycles. The largest absolute Gasteiger partial charge is 0.390 e. The van der Waals surface area contributed by atoms with Gasteiger partial charge in [0.2, 0.25) is 0 Å². The Bertz CT molecular complexity index is 456. The topological polar surface area (TPSA) is 29.5 Å². The van der Waals surface area contributed by atoms with E-state index in [-0.39, 0.29) is 11.7 Å². The summed E-state index contributed by atoms with van der Waals surface area (Å²) in [4.78, 5) is 0. The van der Waals surface area contributed by atoms with Crippen molar-refractivity contribution in [3.05, 3.63) is 35.1 Å². The molecule has 0 amide bonds. The number of rotatable bonds is 3. The van der Waals surface area contributed by atoms with Crippen LogP contribution in [0.1, 0.15) is 44.2 Å². The van der Waals surface area contributed by atoms with Gasteiger partial charge < -0.3 is 9.84 Å². The maximum absolute atomic E-state index is 13.4. The van der Waals surface area contributed by atoms with Crippen LogP contribution in [0.4, 0.5) is 4.39 Å². The highest BCUT2D eigenvalue weighted by Crippen LogP contribution is 2.47. The number of aliphatic hydroxyl groups is 1. The molecule has 0 bridgehead atoms. The zero-order valence-corrected chi connectivity index (χ0v) is 12.1. The Morgan fingerprint density at radius 2 is 2.05 bits per heavy atom. The fourth-order valence-electron chi connectivity index (χ4n) is 3.63. The van der Waals surface area contributed by atoms with E-state index in [2.05, 4.69) is 13.8 Å². The molecule has 3 atom stereocenters. The number of ether oxygens (including phenoxy) is 1. The number of aryl methyl sites for hydroxylation is 1. The minimum absolute atomic E-state index is 0.0850. The van der Waals surface area contributed by atoms with E-state index in [1.165, 1.54) is 6.07 Å². The Kier molecular flexibility index (Phi) is 3.98. The van der Waals surface area contributed by atoms with Crippen LogP contribution in [0.15, 0.2) is 18.2 Å². The standard InChI is InChI=1S/C16H23FO2/c1-10(2)15-14-6-5-13(17)9-12(14)7-8-16(15,19-4)11(3)18/h5-6,9-11,15,18H,7-8H2,1-4H3/t11-,15?,16?/m0/s1. The Labute approximate surface area is 114 Å². The van der Waals surface area contributed by atoms with Crippen LogP contribution in [0.2, 0.25) is 0 Å². The van der Waals surface area contributed by atoms with E-state index in [4.69, 9.17) is 4.74 Å². The maximum Gasteiger partial charge on any atom is 0.123 e. The van der Waals surface area contributed by atoms with E-state index < -0.39 is 11.7 Å². The summed E-state index contributed by atoms with van der Waals surface area (Å²) in [7, 11) is 1.66. The highest BCUT2D eigenvalue weighted by Gasteiger charge is 2.48. The number of hydrogen-bond acceptors (Lipinski definition) is 2. The molecule has 1 aliphatic rings. The fraction of sp³-hybridized carbons (Fsp3) is 0.625. The van der Waals surface area contributed by atoms with Gasteiger partial charge in [0.25, 0.3) is 0 Å². The van der Waals surface area contributed by atoms with Gasteiger partial charge in [-0.25, -0.2) is 4.39 Å². The van der Waals surface area contributed by atoms with Crippen LogP contribution in [0.25, 0.3) is 0 Å². The molecule has 0 radical (unpaired) electrons. The molecule has 0 aromatic heterocycles. The molecule has 3 heteroatoms. The lowest BCUT2D eigenvalue weighted by Crippen LogP contribution is -2.52. The molecule has 2 unspecified atom stereocenters. The fourth-order valence-corrected chi connectivity index (χ4v) is 3.63. The van der Waals surface area contributed by atoms with Crippen molar-refractivity contribution in [1.29, 1.82) is 0 Å². The van der Waals surface area contributed by atoms with E-state index >= 15 is 0 Å². The van der Waals surface area contributed by atoms with Crippen molar-refractivity contribution in [1.82, 2.24) is 0 Å². The third-order valence-electron chi connectivity index (χ3n) is 4.51. The summed E-state index contributed by atoms with van der Waals surface area (Å²) in [5.41, 5.74) is 1.59. The summed E-state index contributed by atoms with van der Waals surface area (Å²) in [6.45, 7) is 6.03. The maximum atomic E-state index is 13.4. The monoisotopic (exact) mass is 266 g/mol. The Morgan fingerprint density at radius 1 is 1.37 bits per heavy atom. The van der Waals surface area contributed by atoms with Crippen LogP contribution in [0, 0.1) is 11.7 Å². The van der Waals surface area contributed by atoms with Gasteiger partial charge in [0.05, 0.1) is 6.10 Å². The van der Waals surface area contributed by atoms with Crippen molar-refractivity contribution in [2.24, 2.45) is 5.92 Å². The van der Waals surface area contributed by atoms with Gasteiger partial charge in [0, 0.05) is 13.0 Å². The molecule has 1 aromatic rings. The number of benzene rings is 1. The summed E-state index contributed by atoms with van der Waals surface area (Å²) in [5.74, 6) is 0.212. The molecule has 106 valence electrons. The Hall–Kier alpha value is -0.930. The van der Waals surface area contributed by atoms with E-state index in [1.54, 1.807) is 20.1 Å². The molecule has 0 saturated heterocycles. The summed E-state index contributed by atoms with van der Waals surface area (Å²) < 4.78 is 19.1. The second-order valence-electron chi connectivity index (χ2n) is 5.90. The lowest BCUT2D eigenvalue weighted by Gasteiger charge is -2.48. The molecule has 2 rings (SSSR count). The SMILES string of the molecule is COC1([C@H](C)O)CCc2cc(F)ccc2C1C(C)C. The van der Waals surface area contributed by atoms with Crippen LogP contribution in [-0.2, 0) is 11.2 Å². The van der Waals surface area contributed by atoms with Crippen LogP contribution in [0.3, 0.4) is 0 Å². The quantitative estimate of drug-likeness (QED) is 0.909. The van der Waals surface area contributed by atoms with Crippen molar-refractivity contribution in [2.45, 2.75) is 51.2 Å². The number of hydrogen-bond donors (Lipinski definition) is 1. The molecule has 0 spiro atoms. The number of fused-ring (bicyclic) bond motifs is 1. The number of halogens is 1. The van der Waals surface area contributed by atoms with Crippen molar-refractivity contribution >= 4 is 0 Å². The lowest BCUT2D eigenvalue weighted by molar-refractivity contribution is -0.129. The second kappa shape index (κ2) is 5.22. The van der Waals surface area contributed by atoms with E-state index in [9.17, 15) is 9.50 Å². The van der Waals surface area contributed by atoms with Gasteiger partial charge >= 0.3 is 0 Å². The summed E-state index contributed by atoms with van der Waals surface area (Å²) >= 11 is 0. The summed E-state index contributed by atoms with van der Waals surface area (Å²) in [6.07, 6.45) is 0.915. The van der Waals surface area contributed by atoms with E-state index in [1.807, 2.05) is 6.07 Å². The molecule has 1 aliphatic carbocycles. The van der Waals surface area contributed by atoms with E-state index in [0.717, 1.165) is 24.0 Å². The minimum Gasteiger partial charge on any atom is -0.390 e. The van der Waals surface area contributed by atoms with Crippen molar-refractivity contribution in [3.63, 3.8) is 0 Å². The zero-order valence-electron chi connectivity index (χ0n) is 12.1. The van der Waals surface area contributed by atoms with Crippen LogP contribution < -0.4 is 0 Å². The second-order valence-corrected chi connectivity index (χ2v) is 5.90. The van der Waals surface area contributed by atoms with Crippen molar-refractivity contribution in [3.8, 4) is 0 Å². The molecule has 19 heavy (non-hydrogen) atoms. The van der Waals surface area contributed by atoms with Crippen LogP contribution in [0.5, 0.6) is 0 Å². The van der Waals surface area contributed by atoms with Gasteiger partial charge in [0.15, 0.2) is 0 Å².